The van der Waals surface area contributed by atoms with Crippen LogP contribution in [0.5, 0.6) is 0 Å². The maximum Gasteiger partial charge on any atom is 0.243 e. The van der Waals surface area contributed by atoms with Crippen LogP contribution in [0.4, 0.5) is 11.8 Å². The molecule has 0 bridgehead atoms. The molecule has 0 unspecified atom stereocenters. The lowest BCUT2D eigenvalue weighted by molar-refractivity contribution is 0.382. The number of piperidine rings is 1. The summed E-state index contributed by atoms with van der Waals surface area (Å²) in [6.07, 6.45) is 3.69. The predicted octanol–water partition coefficient (Wildman–Crippen LogP) is 2.29. The first-order valence-corrected chi connectivity index (χ1v) is 11.4. The largest absolute Gasteiger partial charge is 0.356 e. The van der Waals surface area contributed by atoms with E-state index in [4.69, 9.17) is 4.98 Å². The van der Waals surface area contributed by atoms with Crippen LogP contribution in [0.25, 0.3) is 0 Å². The second-order valence-electron chi connectivity index (χ2n) is 7.42. The van der Waals surface area contributed by atoms with E-state index in [-0.39, 0.29) is 0 Å². The quantitative estimate of drug-likeness (QED) is 0.783. The molecule has 1 aromatic heterocycles. The summed E-state index contributed by atoms with van der Waals surface area (Å²) in [6.45, 7) is 6.14. The molecule has 0 atom stereocenters. The third kappa shape index (κ3) is 3.98. The summed E-state index contributed by atoms with van der Waals surface area (Å²) in [5, 5.41) is 0. The number of anilines is 2. The molecule has 0 saturated carbocycles. The normalized spacial score (nSPS) is 19.0. The third-order valence-electron chi connectivity index (χ3n) is 5.41. The maximum absolute atomic E-state index is 12.8. The van der Waals surface area contributed by atoms with Gasteiger partial charge in [-0.05, 0) is 38.3 Å². The second-order valence-corrected chi connectivity index (χ2v) is 9.36. The van der Waals surface area contributed by atoms with Crippen LogP contribution in [0.3, 0.4) is 0 Å². The van der Waals surface area contributed by atoms with E-state index < -0.39 is 10.0 Å². The summed E-state index contributed by atoms with van der Waals surface area (Å²) >= 11 is 0. The number of rotatable bonds is 4. The van der Waals surface area contributed by atoms with Gasteiger partial charge in [0.1, 0.15) is 5.82 Å². The average molecular weight is 402 g/mol. The molecule has 2 fully saturated rings. The van der Waals surface area contributed by atoms with Crippen molar-refractivity contribution in [1.82, 2.24) is 14.3 Å². The minimum atomic E-state index is -3.44. The topological polar surface area (TPSA) is 69.6 Å². The van der Waals surface area contributed by atoms with Crippen LogP contribution in [0.1, 0.15) is 25.0 Å². The average Bonchev–Trinajstić information content (AvgIpc) is 2.75. The molecule has 2 aromatic rings. The van der Waals surface area contributed by atoms with E-state index in [0.717, 1.165) is 24.6 Å². The van der Waals surface area contributed by atoms with E-state index in [0.29, 0.717) is 37.0 Å². The van der Waals surface area contributed by atoms with Crippen molar-refractivity contribution in [1.29, 1.82) is 0 Å². The lowest BCUT2D eigenvalue weighted by atomic mass is 10.1. The Morgan fingerprint density at radius 3 is 2.18 bits per heavy atom. The van der Waals surface area contributed by atoms with Crippen molar-refractivity contribution >= 4 is 21.8 Å². The van der Waals surface area contributed by atoms with Crippen molar-refractivity contribution in [3.05, 3.63) is 42.1 Å². The van der Waals surface area contributed by atoms with Crippen LogP contribution >= 0.6 is 0 Å². The van der Waals surface area contributed by atoms with Gasteiger partial charge in [0, 0.05) is 51.0 Å². The van der Waals surface area contributed by atoms with Crippen LogP contribution in [0.2, 0.25) is 0 Å². The highest BCUT2D eigenvalue weighted by molar-refractivity contribution is 7.89. The molecule has 0 amide bonds. The Hall–Kier alpha value is -2.19. The van der Waals surface area contributed by atoms with Gasteiger partial charge in [0.25, 0.3) is 0 Å². The van der Waals surface area contributed by atoms with Gasteiger partial charge in [0.2, 0.25) is 16.0 Å². The van der Waals surface area contributed by atoms with E-state index in [1.807, 2.05) is 19.1 Å². The Kier molecular flexibility index (Phi) is 5.50. The first kappa shape index (κ1) is 19.1. The first-order chi connectivity index (χ1) is 13.5. The number of hydrogen-bond acceptors (Lipinski definition) is 6. The maximum atomic E-state index is 12.8. The Labute approximate surface area is 167 Å². The fourth-order valence-electron chi connectivity index (χ4n) is 3.83. The van der Waals surface area contributed by atoms with Crippen molar-refractivity contribution in [2.24, 2.45) is 0 Å². The lowest BCUT2D eigenvalue weighted by Crippen LogP contribution is -2.49. The molecule has 3 heterocycles. The number of sulfonamides is 1. The number of piperazine rings is 1. The molecule has 0 spiro atoms. The van der Waals surface area contributed by atoms with Gasteiger partial charge in [0.05, 0.1) is 4.90 Å². The van der Waals surface area contributed by atoms with Crippen molar-refractivity contribution in [2.75, 3.05) is 49.1 Å². The Balaban J connectivity index is 1.47. The molecule has 28 heavy (non-hydrogen) atoms. The summed E-state index contributed by atoms with van der Waals surface area (Å²) in [6, 6.07) is 10.7. The van der Waals surface area contributed by atoms with Crippen LogP contribution in [0, 0.1) is 6.92 Å². The lowest BCUT2D eigenvalue weighted by Gasteiger charge is -2.35. The van der Waals surface area contributed by atoms with Crippen molar-refractivity contribution in [3.63, 3.8) is 0 Å². The van der Waals surface area contributed by atoms with Crippen LogP contribution in [-0.2, 0) is 10.0 Å². The molecule has 0 aliphatic carbocycles. The first-order valence-electron chi connectivity index (χ1n) is 9.95. The van der Waals surface area contributed by atoms with Gasteiger partial charge in [-0.15, -0.1) is 0 Å². The zero-order chi connectivity index (χ0) is 19.6. The molecule has 2 aliphatic rings. The summed E-state index contributed by atoms with van der Waals surface area (Å²) in [5.74, 6) is 1.69. The van der Waals surface area contributed by atoms with E-state index in [1.165, 1.54) is 19.3 Å². The zero-order valence-corrected chi connectivity index (χ0v) is 17.1. The van der Waals surface area contributed by atoms with E-state index >= 15 is 0 Å². The van der Waals surface area contributed by atoms with Crippen LogP contribution in [-0.4, -0.2) is 62.0 Å². The fourth-order valence-corrected chi connectivity index (χ4v) is 5.28. The highest BCUT2D eigenvalue weighted by Gasteiger charge is 2.29. The standard InChI is InChI=1S/C20H27N5O2S/c1-17-16-19(23-10-6-3-7-11-23)22-20(21-17)24-12-14-25(15-13-24)28(26,27)18-8-4-2-5-9-18/h2,4-5,8-9,16H,3,6-7,10-15H2,1H3. The predicted molar refractivity (Wildman–Crippen MR) is 110 cm³/mol. The Bertz CT molecular complexity index is 905. The highest BCUT2D eigenvalue weighted by Crippen LogP contribution is 2.23. The molecular weight excluding hydrogens is 374 g/mol. The van der Waals surface area contributed by atoms with E-state index in [9.17, 15) is 8.42 Å². The van der Waals surface area contributed by atoms with E-state index in [1.54, 1.807) is 28.6 Å². The number of aromatic nitrogens is 2. The molecule has 7 nitrogen and oxygen atoms in total. The molecular formula is C20H27N5O2S. The number of hydrogen-bond donors (Lipinski definition) is 0. The van der Waals surface area contributed by atoms with Crippen molar-refractivity contribution < 1.29 is 8.42 Å². The van der Waals surface area contributed by atoms with Gasteiger partial charge in [-0.25, -0.2) is 13.4 Å². The summed E-state index contributed by atoms with van der Waals surface area (Å²) in [4.78, 5) is 14.2. The van der Waals surface area contributed by atoms with Crippen molar-refractivity contribution in [2.45, 2.75) is 31.1 Å². The van der Waals surface area contributed by atoms with Gasteiger partial charge in [-0.3, -0.25) is 0 Å². The molecule has 0 radical (unpaired) electrons. The van der Waals surface area contributed by atoms with Gasteiger partial charge in [0.15, 0.2) is 0 Å². The minimum absolute atomic E-state index is 0.350. The Morgan fingerprint density at radius 1 is 0.821 bits per heavy atom. The molecule has 150 valence electrons. The van der Waals surface area contributed by atoms with Crippen LogP contribution < -0.4 is 9.80 Å². The minimum Gasteiger partial charge on any atom is -0.356 e. The molecule has 4 rings (SSSR count). The smallest absolute Gasteiger partial charge is 0.243 e. The summed E-state index contributed by atoms with van der Waals surface area (Å²) < 4.78 is 27.2. The third-order valence-corrected chi connectivity index (χ3v) is 7.32. The number of aryl methyl sites for hydroxylation is 1. The van der Waals surface area contributed by atoms with Gasteiger partial charge in [-0.1, -0.05) is 18.2 Å². The summed E-state index contributed by atoms with van der Waals surface area (Å²) in [5.41, 5.74) is 0.949. The monoisotopic (exact) mass is 401 g/mol. The fraction of sp³-hybridized carbons (Fsp3) is 0.500. The van der Waals surface area contributed by atoms with Gasteiger partial charge >= 0.3 is 0 Å². The van der Waals surface area contributed by atoms with Crippen molar-refractivity contribution in [3.8, 4) is 0 Å². The van der Waals surface area contributed by atoms with Crippen LogP contribution in [0.15, 0.2) is 41.3 Å². The second kappa shape index (κ2) is 8.05. The number of nitrogens with zero attached hydrogens (tertiary/aromatic N) is 5. The summed E-state index contributed by atoms with van der Waals surface area (Å²) in [7, 11) is -3.44. The number of benzene rings is 1. The van der Waals surface area contributed by atoms with E-state index in [2.05, 4.69) is 14.8 Å². The molecule has 2 saturated heterocycles. The Morgan fingerprint density at radius 2 is 1.50 bits per heavy atom. The molecule has 2 aliphatic heterocycles. The van der Waals surface area contributed by atoms with Gasteiger partial charge < -0.3 is 9.80 Å². The van der Waals surface area contributed by atoms with Gasteiger partial charge in [-0.2, -0.15) is 9.29 Å². The zero-order valence-electron chi connectivity index (χ0n) is 16.3. The molecule has 8 heteroatoms. The molecule has 0 N–H and O–H groups in total. The molecule has 1 aromatic carbocycles. The highest BCUT2D eigenvalue weighted by atomic mass is 32.2. The SMILES string of the molecule is Cc1cc(N2CCCCC2)nc(N2CCN(S(=O)(=O)c3ccccc3)CC2)n1.